The van der Waals surface area contributed by atoms with Crippen molar-refractivity contribution < 1.29 is 32.2 Å². The topological polar surface area (TPSA) is 111 Å². The Morgan fingerprint density at radius 2 is 1.57 bits per heavy atom. The largest absolute Gasteiger partial charge is 0.493 e. The van der Waals surface area contributed by atoms with Crippen molar-refractivity contribution in [1.82, 2.24) is 0 Å². The molecule has 3 rings (SSSR count). The third-order valence-corrected chi connectivity index (χ3v) is 7.20. The van der Waals surface area contributed by atoms with Crippen LogP contribution in [0.25, 0.3) is 0 Å². The first-order valence-corrected chi connectivity index (χ1v) is 12.4. The van der Waals surface area contributed by atoms with Crippen molar-refractivity contribution in [3.8, 4) is 11.5 Å². The summed E-state index contributed by atoms with van der Waals surface area (Å²) in [4.78, 5) is 25.5. The summed E-state index contributed by atoms with van der Waals surface area (Å²) in [6.45, 7) is -0.567. The zero-order valence-corrected chi connectivity index (χ0v) is 21.6. The maximum absolute atomic E-state index is 13.5. The molecule has 3 aromatic rings. The number of amides is 1. The molecule has 35 heavy (non-hydrogen) atoms. The Morgan fingerprint density at radius 3 is 2.17 bits per heavy atom. The van der Waals surface area contributed by atoms with Crippen LogP contribution in [0.5, 0.6) is 11.5 Å². The normalized spacial score (nSPS) is 10.9. The third kappa shape index (κ3) is 5.92. The molecule has 0 aliphatic rings. The van der Waals surface area contributed by atoms with E-state index in [2.05, 4.69) is 21.2 Å². The van der Waals surface area contributed by atoms with Crippen molar-refractivity contribution >= 4 is 49.2 Å². The lowest BCUT2D eigenvalue weighted by Gasteiger charge is -2.24. The van der Waals surface area contributed by atoms with Crippen LogP contribution in [0.15, 0.2) is 76.1 Å². The highest BCUT2D eigenvalue weighted by molar-refractivity contribution is 9.10. The summed E-state index contributed by atoms with van der Waals surface area (Å²) in [6, 6.07) is 17.1. The summed E-state index contributed by atoms with van der Waals surface area (Å²) >= 11 is 3.34. The van der Waals surface area contributed by atoms with Crippen LogP contribution < -0.4 is 19.1 Å². The average molecular weight is 563 g/mol. The molecule has 0 spiro atoms. The van der Waals surface area contributed by atoms with E-state index >= 15 is 0 Å². The third-order valence-electron chi connectivity index (χ3n) is 4.92. The monoisotopic (exact) mass is 562 g/mol. The van der Waals surface area contributed by atoms with Crippen molar-refractivity contribution in [1.29, 1.82) is 0 Å². The lowest BCUT2D eigenvalue weighted by atomic mass is 10.1. The Kier molecular flexibility index (Phi) is 8.36. The van der Waals surface area contributed by atoms with Crippen LogP contribution in [0, 0.1) is 0 Å². The second-order valence-electron chi connectivity index (χ2n) is 7.10. The first-order chi connectivity index (χ1) is 16.7. The van der Waals surface area contributed by atoms with Gasteiger partial charge in [0.25, 0.3) is 10.0 Å². The predicted molar refractivity (Wildman–Crippen MR) is 135 cm³/mol. The molecule has 0 aromatic heterocycles. The first kappa shape index (κ1) is 26.0. The van der Waals surface area contributed by atoms with E-state index in [1.165, 1.54) is 45.6 Å². The number of rotatable bonds is 9. The molecular formula is C24H23BrN2O7S. The lowest BCUT2D eigenvalue weighted by Crippen LogP contribution is -2.38. The van der Waals surface area contributed by atoms with Crippen LogP contribution in [0.1, 0.15) is 10.4 Å². The quantitative estimate of drug-likeness (QED) is 0.391. The second kappa shape index (κ2) is 11.2. The molecule has 0 radical (unpaired) electrons. The van der Waals surface area contributed by atoms with E-state index in [4.69, 9.17) is 14.2 Å². The number of anilines is 2. The molecule has 3 aromatic carbocycles. The van der Waals surface area contributed by atoms with Crippen molar-refractivity contribution in [2.24, 2.45) is 0 Å². The van der Waals surface area contributed by atoms with Gasteiger partial charge in [-0.2, -0.15) is 0 Å². The summed E-state index contributed by atoms with van der Waals surface area (Å²) < 4.78 is 43.8. The number of carbonyl (C=O) groups is 2. The van der Waals surface area contributed by atoms with Gasteiger partial charge in [0.2, 0.25) is 5.91 Å². The van der Waals surface area contributed by atoms with Crippen LogP contribution in [-0.4, -0.2) is 48.2 Å². The second-order valence-corrected chi connectivity index (χ2v) is 9.88. The minimum absolute atomic E-state index is 0.0124. The molecule has 1 N–H and O–H groups in total. The van der Waals surface area contributed by atoms with Gasteiger partial charge in [-0.3, -0.25) is 9.10 Å². The number of hydrogen-bond acceptors (Lipinski definition) is 7. The molecule has 11 heteroatoms. The number of halogens is 1. The molecule has 0 saturated carbocycles. The van der Waals surface area contributed by atoms with E-state index in [0.29, 0.717) is 4.47 Å². The van der Waals surface area contributed by atoms with Gasteiger partial charge >= 0.3 is 5.97 Å². The van der Waals surface area contributed by atoms with Gasteiger partial charge in [-0.1, -0.05) is 40.2 Å². The molecule has 0 heterocycles. The number of ether oxygens (including phenoxy) is 3. The zero-order valence-electron chi connectivity index (χ0n) is 19.1. The lowest BCUT2D eigenvalue weighted by molar-refractivity contribution is -0.114. The molecular weight excluding hydrogens is 540 g/mol. The molecule has 0 atom stereocenters. The highest BCUT2D eigenvalue weighted by atomic mass is 79.9. The summed E-state index contributed by atoms with van der Waals surface area (Å²) in [7, 11) is -0.0873. The van der Waals surface area contributed by atoms with Crippen LogP contribution in [-0.2, 0) is 19.6 Å². The van der Waals surface area contributed by atoms with E-state index < -0.39 is 28.4 Å². The van der Waals surface area contributed by atoms with Gasteiger partial charge < -0.3 is 19.5 Å². The SMILES string of the molecule is COC(=O)c1cc(OC)c(OC)cc1NC(=O)CN(c1cccc(Br)c1)S(=O)(=O)c1ccccc1. The van der Waals surface area contributed by atoms with Crippen molar-refractivity contribution in [2.45, 2.75) is 4.90 Å². The predicted octanol–water partition coefficient (Wildman–Crippen LogP) is 4.09. The van der Waals surface area contributed by atoms with Crippen LogP contribution in [0.4, 0.5) is 11.4 Å². The fourth-order valence-electron chi connectivity index (χ4n) is 3.25. The molecule has 0 bridgehead atoms. The maximum atomic E-state index is 13.5. The Bertz CT molecular complexity index is 1330. The Balaban J connectivity index is 2.01. The molecule has 1 amide bonds. The summed E-state index contributed by atoms with van der Waals surface area (Å²) in [5.74, 6) is -0.895. The molecule has 0 aliphatic carbocycles. The van der Waals surface area contributed by atoms with Gasteiger partial charge in [-0.05, 0) is 30.3 Å². The molecule has 0 fully saturated rings. The summed E-state index contributed by atoms with van der Waals surface area (Å²) in [5, 5.41) is 2.60. The molecule has 0 saturated heterocycles. The average Bonchev–Trinajstić information content (AvgIpc) is 2.86. The number of sulfonamides is 1. The van der Waals surface area contributed by atoms with Crippen LogP contribution in [0.3, 0.4) is 0 Å². The van der Waals surface area contributed by atoms with Gasteiger partial charge in [0.05, 0.1) is 43.2 Å². The number of nitrogens with zero attached hydrogens (tertiary/aromatic N) is 1. The number of benzene rings is 3. The van der Waals surface area contributed by atoms with Gasteiger partial charge in [0, 0.05) is 16.6 Å². The van der Waals surface area contributed by atoms with Crippen LogP contribution >= 0.6 is 15.9 Å². The summed E-state index contributed by atoms with van der Waals surface area (Å²) in [6.07, 6.45) is 0. The fraction of sp³-hybridized carbons (Fsp3) is 0.167. The minimum atomic E-state index is -4.10. The standard InChI is InChI=1S/C24H23BrN2O7S/c1-32-21-13-19(24(29)34-3)20(14-22(21)33-2)26-23(28)15-27(17-9-7-8-16(25)12-17)35(30,31)18-10-5-4-6-11-18/h4-14H,15H2,1-3H3,(H,26,28). The van der Waals surface area contributed by atoms with E-state index in [9.17, 15) is 18.0 Å². The molecule has 0 unspecified atom stereocenters. The first-order valence-electron chi connectivity index (χ1n) is 10.2. The van der Waals surface area contributed by atoms with Crippen molar-refractivity contribution in [3.05, 3.63) is 76.8 Å². The smallest absolute Gasteiger partial charge is 0.340 e. The van der Waals surface area contributed by atoms with Gasteiger partial charge in [0.15, 0.2) is 11.5 Å². The molecule has 0 aliphatic heterocycles. The van der Waals surface area contributed by atoms with Crippen LogP contribution in [0.2, 0.25) is 0 Å². The summed E-state index contributed by atoms with van der Waals surface area (Å²) in [5.41, 5.74) is 0.364. The van der Waals surface area contributed by atoms with Gasteiger partial charge in [0.1, 0.15) is 6.54 Å². The van der Waals surface area contributed by atoms with E-state index in [1.54, 1.807) is 42.5 Å². The van der Waals surface area contributed by atoms with Gasteiger partial charge in [-0.25, -0.2) is 13.2 Å². The zero-order chi connectivity index (χ0) is 25.6. The minimum Gasteiger partial charge on any atom is -0.493 e. The Hall–Kier alpha value is -3.57. The van der Waals surface area contributed by atoms with Crippen molar-refractivity contribution in [3.63, 3.8) is 0 Å². The Morgan fingerprint density at radius 1 is 0.914 bits per heavy atom. The fourth-order valence-corrected chi connectivity index (χ4v) is 5.07. The number of carbonyl (C=O) groups excluding carboxylic acids is 2. The maximum Gasteiger partial charge on any atom is 0.340 e. The highest BCUT2D eigenvalue weighted by Gasteiger charge is 2.28. The number of hydrogen-bond donors (Lipinski definition) is 1. The molecule has 184 valence electrons. The molecule has 9 nitrogen and oxygen atoms in total. The van der Waals surface area contributed by atoms with Gasteiger partial charge in [-0.15, -0.1) is 0 Å². The van der Waals surface area contributed by atoms with E-state index in [1.807, 2.05) is 0 Å². The number of esters is 1. The Labute approximate surface area is 211 Å². The van der Waals surface area contributed by atoms with E-state index in [0.717, 1.165) is 4.31 Å². The highest BCUT2D eigenvalue weighted by Crippen LogP contribution is 2.34. The number of methoxy groups -OCH3 is 3. The van der Waals surface area contributed by atoms with E-state index in [-0.39, 0.29) is 33.3 Å². The van der Waals surface area contributed by atoms with Crippen molar-refractivity contribution in [2.75, 3.05) is 37.5 Å². The number of nitrogens with one attached hydrogen (secondary N) is 1.